The fourth-order valence-corrected chi connectivity index (χ4v) is 1.81. The van der Waals surface area contributed by atoms with E-state index in [1.54, 1.807) is 11.3 Å². The van der Waals surface area contributed by atoms with Gasteiger partial charge in [0.25, 0.3) is 5.56 Å². The molecule has 0 saturated heterocycles. The van der Waals surface area contributed by atoms with Crippen molar-refractivity contribution in [2.24, 2.45) is 0 Å². The highest BCUT2D eigenvalue weighted by atomic mass is 32.1. The largest absolute Gasteiger partial charge is 0.328 e. The van der Waals surface area contributed by atoms with Crippen LogP contribution in [-0.4, -0.2) is 9.55 Å². The third-order valence-corrected chi connectivity index (χ3v) is 2.56. The third kappa shape index (κ3) is 1.82. The van der Waals surface area contributed by atoms with Crippen molar-refractivity contribution in [1.29, 1.82) is 0 Å². The summed E-state index contributed by atoms with van der Waals surface area (Å²) in [6, 6.07) is 3.29. The minimum absolute atomic E-state index is 0.364. The number of aromatic amines is 1. The second-order valence-electron chi connectivity index (χ2n) is 2.87. The van der Waals surface area contributed by atoms with E-state index in [2.05, 4.69) is 4.98 Å². The van der Waals surface area contributed by atoms with Crippen molar-refractivity contribution in [3.63, 3.8) is 0 Å². The van der Waals surface area contributed by atoms with E-state index in [1.807, 2.05) is 16.8 Å². The Morgan fingerprint density at radius 1 is 1.36 bits per heavy atom. The molecule has 2 heterocycles. The minimum atomic E-state index is -0.372. The van der Waals surface area contributed by atoms with Gasteiger partial charge in [0.05, 0.1) is 6.54 Å². The molecule has 4 nitrogen and oxygen atoms in total. The van der Waals surface area contributed by atoms with E-state index in [4.69, 9.17) is 0 Å². The highest BCUT2D eigenvalue weighted by Gasteiger charge is 1.97. The molecule has 0 aromatic carbocycles. The summed E-state index contributed by atoms with van der Waals surface area (Å²) in [5.41, 5.74) is 0.324. The molecule has 0 fully saturated rings. The number of H-pyrrole nitrogens is 1. The van der Waals surface area contributed by atoms with Crippen LogP contribution in [0.4, 0.5) is 0 Å². The predicted molar refractivity (Wildman–Crippen MR) is 54.7 cm³/mol. The van der Waals surface area contributed by atoms with Gasteiger partial charge in [-0.05, 0) is 22.4 Å². The molecule has 0 amide bonds. The summed E-state index contributed by atoms with van der Waals surface area (Å²) in [7, 11) is 0. The summed E-state index contributed by atoms with van der Waals surface area (Å²) in [4.78, 5) is 24.3. The SMILES string of the molecule is O=c1ccn(Cc2ccsc2)c(=O)[nH]1. The van der Waals surface area contributed by atoms with Crippen molar-refractivity contribution in [3.05, 3.63) is 55.5 Å². The van der Waals surface area contributed by atoms with Crippen LogP contribution >= 0.6 is 11.3 Å². The van der Waals surface area contributed by atoms with E-state index in [9.17, 15) is 9.59 Å². The van der Waals surface area contributed by atoms with Crippen LogP contribution in [0.1, 0.15) is 5.56 Å². The van der Waals surface area contributed by atoms with Gasteiger partial charge in [0, 0.05) is 12.3 Å². The van der Waals surface area contributed by atoms with E-state index < -0.39 is 0 Å². The molecule has 0 unspecified atom stereocenters. The molecular weight excluding hydrogens is 200 g/mol. The summed E-state index contributed by atoms with van der Waals surface area (Å²) >= 11 is 1.58. The van der Waals surface area contributed by atoms with Crippen molar-refractivity contribution in [2.75, 3.05) is 0 Å². The Morgan fingerprint density at radius 2 is 2.21 bits per heavy atom. The van der Waals surface area contributed by atoms with Crippen LogP contribution in [0.15, 0.2) is 38.7 Å². The van der Waals surface area contributed by atoms with Gasteiger partial charge in [-0.25, -0.2) is 4.79 Å². The molecule has 0 bridgehead atoms. The van der Waals surface area contributed by atoms with Gasteiger partial charge in [-0.2, -0.15) is 11.3 Å². The van der Waals surface area contributed by atoms with Gasteiger partial charge in [0.1, 0.15) is 0 Å². The lowest BCUT2D eigenvalue weighted by Crippen LogP contribution is -2.28. The molecular formula is C9H8N2O2S. The lowest BCUT2D eigenvalue weighted by atomic mass is 10.3. The quantitative estimate of drug-likeness (QED) is 0.787. The number of aromatic nitrogens is 2. The molecule has 0 atom stereocenters. The number of thiophene rings is 1. The molecule has 0 saturated carbocycles. The van der Waals surface area contributed by atoms with Crippen molar-refractivity contribution in [3.8, 4) is 0 Å². The van der Waals surface area contributed by atoms with E-state index >= 15 is 0 Å². The molecule has 72 valence electrons. The molecule has 2 aromatic heterocycles. The zero-order valence-electron chi connectivity index (χ0n) is 7.27. The maximum atomic E-state index is 11.3. The molecule has 2 rings (SSSR count). The topological polar surface area (TPSA) is 54.9 Å². The normalized spacial score (nSPS) is 10.3. The molecule has 0 radical (unpaired) electrons. The Kier molecular flexibility index (Phi) is 2.32. The first-order valence-electron chi connectivity index (χ1n) is 4.06. The lowest BCUT2D eigenvalue weighted by Gasteiger charge is -2.00. The fraction of sp³-hybridized carbons (Fsp3) is 0.111. The summed E-state index contributed by atoms with van der Waals surface area (Å²) in [5.74, 6) is 0. The van der Waals surface area contributed by atoms with Crippen molar-refractivity contribution >= 4 is 11.3 Å². The molecule has 0 aliphatic carbocycles. The Bertz CT molecular complexity index is 524. The van der Waals surface area contributed by atoms with Gasteiger partial charge in [0.15, 0.2) is 0 Å². The van der Waals surface area contributed by atoms with Crippen LogP contribution in [-0.2, 0) is 6.54 Å². The summed E-state index contributed by atoms with van der Waals surface area (Å²) in [5, 5.41) is 3.92. The van der Waals surface area contributed by atoms with E-state index in [0.717, 1.165) is 5.56 Å². The molecule has 2 aromatic rings. The Labute approximate surface area is 83.5 Å². The van der Waals surface area contributed by atoms with E-state index in [-0.39, 0.29) is 11.2 Å². The molecule has 5 heteroatoms. The maximum absolute atomic E-state index is 11.3. The van der Waals surface area contributed by atoms with Gasteiger partial charge < -0.3 is 0 Å². The van der Waals surface area contributed by atoms with Crippen molar-refractivity contribution in [2.45, 2.75) is 6.54 Å². The third-order valence-electron chi connectivity index (χ3n) is 1.83. The number of hydrogen-bond donors (Lipinski definition) is 1. The van der Waals surface area contributed by atoms with Crippen LogP contribution < -0.4 is 11.2 Å². The maximum Gasteiger partial charge on any atom is 0.328 e. The van der Waals surface area contributed by atoms with Gasteiger partial charge in [-0.1, -0.05) is 0 Å². The average molecular weight is 208 g/mol. The zero-order valence-corrected chi connectivity index (χ0v) is 8.08. The van der Waals surface area contributed by atoms with Crippen LogP contribution in [0.3, 0.4) is 0 Å². The van der Waals surface area contributed by atoms with Gasteiger partial charge >= 0.3 is 5.69 Å². The van der Waals surface area contributed by atoms with Crippen LogP contribution in [0, 0.1) is 0 Å². The first-order valence-corrected chi connectivity index (χ1v) is 5.01. The summed E-state index contributed by atoms with van der Waals surface area (Å²) < 4.78 is 1.46. The Hall–Kier alpha value is -1.62. The summed E-state index contributed by atoms with van der Waals surface area (Å²) in [6.07, 6.45) is 1.50. The molecule has 0 aliphatic rings. The zero-order chi connectivity index (χ0) is 9.97. The average Bonchev–Trinajstić information content (AvgIpc) is 2.62. The number of rotatable bonds is 2. The van der Waals surface area contributed by atoms with Crippen molar-refractivity contribution in [1.82, 2.24) is 9.55 Å². The summed E-state index contributed by atoms with van der Waals surface area (Å²) in [6.45, 7) is 0.499. The molecule has 14 heavy (non-hydrogen) atoms. The van der Waals surface area contributed by atoms with Crippen LogP contribution in [0.5, 0.6) is 0 Å². The smallest absolute Gasteiger partial charge is 0.296 e. The number of nitrogens with one attached hydrogen (secondary N) is 1. The van der Waals surface area contributed by atoms with Crippen molar-refractivity contribution < 1.29 is 0 Å². The Balaban J connectivity index is 2.35. The van der Waals surface area contributed by atoms with Crippen LogP contribution in [0.25, 0.3) is 0 Å². The lowest BCUT2D eigenvalue weighted by molar-refractivity contribution is 0.722. The van der Waals surface area contributed by atoms with Gasteiger partial charge in [-0.15, -0.1) is 0 Å². The van der Waals surface area contributed by atoms with Crippen LogP contribution in [0.2, 0.25) is 0 Å². The molecule has 0 aliphatic heterocycles. The Morgan fingerprint density at radius 3 is 2.86 bits per heavy atom. The second kappa shape index (κ2) is 3.63. The second-order valence-corrected chi connectivity index (χ2v) is 3.65. The minimum Gasteiger partial charge on any atom is -0.296 e. The highest BCUT2D eigenvalue weighted by Crippen LogP contribution is 2.06. The first-order chi connectivity index (χ1) is 6.75. The van der Waals surface area contributed by atoms with Gasteiger partial charge in [-0.3, -0.25) is 14.3 Å². The number of nitrogens with zero attached hydrogens (tertiary/aromatic N) is 1. The van der Waals surface area contributed by atoms with Gasteiger partial charge in [0.2, 0.25) is 0 Å². The van der Waals surface area contributed by atoms with E-state index in [0.29, 0.717) is 6.54 Å². The van der Waals surface area contributed by atoms with E-state index in [1.165, 1.54) is 16.8 Å². The fourth-order valence-electron chi connectivity index (χ4n) is 1.15. The predicted octanol–water partition coefficient (Wildman–Crippen LogP) is 0.646. The monoisotopic (exact) mass is 208 g/mol. The number of hydrogen-bond acceptors (Lipinski definition) is 3. The molecule has 1 N–H and O–H groups in total. The molecule has 0 spiro atoms. The standard InChI is InChI=1S/C9H8N2O2S/c12-8-1-3-11(9(13)10-8)5-7-2-4-14-6-7/h1-4,6H,5H2,(H,10,12,13). The first kappa shape index (κ1) is 8.96. The highest BCUT2D eigenvalue weighted by molar-refractivity contribution is 7.07.